The van der Waals surface area contributed by atoms with Crippen molar-refractivity contribution in [3.63, 3.8) is 0 Å². The fourth-order valence-corrected chi connectivity index (χ4v) is 2.85. The van der Waals surface area contributed by atoms with Crippen molar-refractivity contribution in [1.82, 2.24) is 5.32 Å². The van der Waals surface area contributed by atoms with Gasteiger partial charge in [0.2, 0.25) is 0 Å². The van der Waals surface area contributed by atoms with Gasteiger partial charge in [-0.05, 0) is 44.2 Å². The molecular formula is C15H23NO. The van der Waals surface area contributed by atoms with Gasteiger partial charge in [-0.15, -0.1) is 0 Å². The van der Waals surface area contributed by atoms with E-state index in [0.29, 0.717) is 5.41 Å². The van der Waals surface area contributed by atoms with Crippen LogP contribution < -0.4 is 5.32 Å². The van der Waals surface area contributed by atoms with Crippen LogP contribution in [0.3, 0.4) is 0 Å². The molecule has 0 spiro atoms. The highest BCUT2D eigenvalue weighted by Crippen LogP contribution is 2.33. The van der Waals surface area contributed by atoms with Gasteiger partial charge in [0.25, 0.3) is 0 Å². The van der Waals surface area contributed by atoms with Crippen LogP contribution in [0.2, 0.25) is 0 Å². The summed E-state index contributed by atoms with van der Waals surface area (Å²) < 4.78 is 5.50. The lowest BCUT2D eigenvalue weighted by atomic mass is 9.75. The molecule has 0 amide bonds. The summed E-state index contributed by atoms with van der Waals surface area (Å²) in [5, 5.41) is 3.36. The predicted molar refractivity (Wildman–Crippen MR) is 71.3 cm³/mol. The van der Waals surface area contributed by atoms with Crippen molar-refractivity contribution < 1.29 is 4.74 Å². The van der Waals surface area contributed by atoms with E-state index >= 15 is 0 Å². The standard InChI is InChI=1S/C15H23NO/c1-13-4-3-5-14(10-13)11-15(12-16-2)6-8-17-9-7-15/h3-5,10,16H,6-9,11-12H2,1-2H3. The van der Waals surface area contributed by atoms with E-state index in [0.717, 1.165) is 19.8 Å². The van der Waals surface area contributed by atoms with Crippen LogP contribution in [0.5, 0.6) is 0 Å². The van der Waals surface area contributed by atoms with Crippen molar-refractivity contribution in [2.24, 2.45) is 5.41 Å². The third-order valence-corrected chi connectivity index (χ3v) is 3.77. The maximum atomic E-state index is 5.50. The molecule has 0 unspecified atom stereocenters. The first-order chi connectivity index (χ1) is 8.24. The van der Waals surface area contributed by atoms with E-state index < -0.39 is 0 Å². The van der Waals surface area contributed by atoms with E-state index in [1.807, 2.05) is 7.05 Å². The van der Waals surface area contributed by atoms with Crippen LogP contribution in [-0.2, 0) is 11.2 Å². The minimum Gasteiger partial charge on any atom is -0.381 e. The molecule has 1 aliphatic rings. The second kappa shape index (κ2) is 5.65. The number of nitrogens with one attached hydrogen (secondary N) is 1. The van der Waals surface area contributed by atoms with E-state index in [2.05, 4.69) is 36.5 Å². The first-order valence-electron chi connectivity index (χ1n) is 6.52. The molecule has 0 bridgehead atoms. The lowest BCUT2D eigenvalue weighted by Crippen LogP contribution is -2.39. The molecule has 1 N–H and O–H groups in total. The molecule has 1 aromatic rings. The second-order valence-corrected chi connectivity index (χ2v) is 5.31. The Kier molecular flexibility index (Phi) is 4.19. The summed E-state index contributed by atoms with van der Waals surface area (Å²) in [6, 6.07) is 8.89. The molecular weight excluding hydrogens is 210 g/mol. The SMILES string of the molecule is CNCC1(Cc2cccc(C)c2)CCOCC1. The van der Waals surface area contributed by atoms with Gasteiger partial charge in [0.05, 0.1) is 0 Å². The van der Waals surface area contributed by atoms with Gasteiger partial charge in [0, 0.05) is 19.8 Å². The zero-order valence-corrected chi connectivity index (χ0v) is 11.0. The predicted octanol–water partition coefficient (Wildman–Crippen LogP) is 2.55. The molecule has 2 nitrogen and oxygen atoms in total. The van der Waals surface area contributed by atoms with E-state index in [4.69, 9.17) is 4.74 Å². The van der Waals surface area contributed by atoms with Crippen molar-refractivity contribution in [1.29, 1.82) is 0 Å². The summed E-state index contributed by atoms with van der Waals surface area (Å²) in [5.74, 6) is 0. The molecule has 17 heavy (non-hydrogen) atoms. The van der Waals surface area contributed by atoms with Gasteiger partial charge < -0.3 is 10.1 Å². The lowest BCUT2D eigenvalue weighted by Gasteiger charge is -2.37. The fraction of sp³-hybridized carbons (Fsp3) is 0.600. The molecule has 0 aromatic heterocycles. The number of ether oxygens (including phenoxy) is 1. The summed E-state index contributed by atoms with van der Waals surface area (Å²) in [4.78, 5) is 0. The number of hydrogen-bond donors (Lipinski definition) is 1. The molecule has 0 radical (unpaired) electrons. The monoisotopic (exact) mass is 233 g/mol. The minimum absolute atomic E-state index is 0.390. The normalized spacial score (nSPS) is 19.2. The molecule has 0 saturated carbocycles. The van der Waals surface area contributed by atoms with Gasteiger partial charge in [0.15, 0.2) is 0 Å². The summed E-state index contributed by atoms with van der Waals surface area (Å²) in [7, 11) is 2.05. The molecule has 94 valence electrons. The van der Waals surface area contributed by atoms with Gasteiger partial charge in [-0.2, -0.15) is 0 Å². The van der Waals surface area contributed by atoms with E-state index in [-0.39, 0.29) is 0 Å². The number of hydrogen-bond acceptors (Lipinski definition) is 2. The van der Waals surface area contributed by atoms with Gasteiger partial charge in [0.1, 0.15) is 0 Å². The van der Waals surface area contributed by atoms with E-state index in [1.54, 1.807) is 0 Å². The Morgan fingerprint density at radius 3 is 2.71 bits per heavy atom. The number of aryl methyl sites for hydroxylation is 1. The van der Waals surface area contributed by atoms with Crippen molar-refractivity contribution in [2.45, 2.75) is 26.2 Å². The maximum Gasteiger partial charge on any atom is 0.0471 e. The first-order valence-corrected chi connectivity index (χ1v) is 6.52. The minimum atomic E-state index is 0.390. The Morgan fingerprint density at radius 2 is 2.06 bits per heavy atom. The molecule has 0 atom stereocenters. The van der Waals surface area contributed by atoms with Gasteiger partial charge >= 0.3 is 0 Å². The Hall–Kier alpha value is -0.860. The highest BCUT2D eigenvalue weighted by atomic mass is 16.5. The van der Waals surface area contributed by atoms with Crippen LogP contribution in [0.25, 0.3) is 0 Å². The summed E-state index contributed by atoms with van der Waals surface area (Å²) >= 11 is 0. The van der Waals surface area contributed by atoms with E-state index in [9.17, 15) is 0 Å². The molecule has 1 aliphatic heterocycles. The number of rotatable bonds is 4. The zero-order chi connectivity index (χ0) is 12.1. The smallest absolute Gasteiger partial charge is 0.0471 e. The largest absolute Gasteiger partial charge is 0.381 e. The Morgan fingerprint density at radius 1 is 1.29 bits per heavy atom. The van der Waals surface area contributed by atoms with Crippen molar-refractivity contribution in [3.05, 3.63) is 35.4 Å². The average molecular weight is 233 g/mol. The fourth-order valence-electron chi connectivity index (χ4n) is 2.85. The third kappa shape index (κ3) is 3.30. The van der Waals surface area contributed by atoms with Crippen molar-refractivity contribution in [2.75, 3.05) is 26.8 Å². The van der Waals surface area contributed by atoms with Crippen LogP contribution in [0.1, 0.15) is 24.0 Å². The molecule has 0 aliphatic carbocycles. The lowest BCUT2D eigenvalue weighted by molar-refractivity contribution is 0.0158. The quantitative estimate of drug-likeness (QED) is 0.863. The van der Waals surface area contributed by atoms with E-state index in [1.165, 1.54) is 30.4 Å². The highest BCUT2D eigenvalue weighted by Gasteiger charge is 2.31. The first kappa shape index (κ1) is 12.6. The Balaban J connectivity index is 2.11. The summed E-state index contributed by atoms with van der Waals surface area (Å²) in [6.07, 6.45) is 3.50. The number of benzene rings is 1. The Labute approximate surface area is 104 Å². The zero-order valence-electron chi connectivity index (χ0n) is 11.0. The molecule has 1 saturated heterocycles. The highest BCUT2D eigenvalue weighted by molar-refractivity contribution is 5.23. The van der Waals surface area contributed by atoms with Crippen LogP contribution >= 0.6 is 0 Å². The van der Waals surface area contributed by atoms with Crippen LogP contribution in [0, 0.1) is 12.3 Å². The molecule has 1 heterocycles. The molecule has 2 heteroatoms. The van der Waals surface area contributed by atoms with Gasteiger partial charge in [-0.1, -0.05) is 29.8 Å². The topological polar surface area (TPSA) is 21.3 Å². The third-order valence-electron chi connectivity index (χ3n) is 3.77. The van der Waals surface area contributed by atoms with Gasteiger partial charge in [-0.25, -0.2) is 0 Å². The molecule has 1 aromatic carbocycles. The Bertz CT molecular complexity index is 350. The molecule has 1 fully saturated rings. The van der Waals surface area contributed by atoms with Crippen molar-refractivity contribution >= 4 is 0 Å². The van der Waals surface area contributed by atoms with Gasteiger partial charge in [-0.3, -0.25) is 0 Å². The van der Waals surface area contributed by atoms with Crippen LogP contribution in [-0.4, -0.2) is 26.8 Å². The van der Waals surface area contributed by atoms with Crippen molar-refractivity contribution in [3.8, 4) is 0 Å². The maximum absolute atomic E-state index is 5.50. The summed E-state index contributed by atoms with van der Waals surface area (Å²) in [5.41, 5.74) is 3.21. The summed E-state index contributed by atoms with van der Waals surface area (Å²) in [6.45, 7) is 5.07. The molecule has 2 rings (SSSR count). The second-order valence-electron chi connectivity index (χ2n) is 5.31. The van der Waals surface area contributed by atoms with Crippen LogP contribution in [0.15, 0.2) is 24.3 Å². The average Bonchev–Trinajstić information content (AvgIpc) is 2.30. The van der Waals surface area contributed by atoms with Crippen LogP contribution in [0.4, 0.5) is 0 Å².